The van der Waals surface area contributed by atoms with Gasteiger partial charge < -0.3 is 15.2 Å². The van der Waals surface area contributed by atoms with Crippen molar-refractivity contribution in [2.24, 2.45) is 5.92 Å². The maximum atomic E-state index is 13.0. The lowest BCUT2D eigenvalue weighted by Gasteiger charge is -2.11. The number of carbonyl (C=O) groups excluding carboxylic acids is 2. The van der Waals surface area contributed by atoms with Crippen molar-refractivity contribution in [1.82, 2.24) is 14.9 Å². The van der Waals surface area contributed by atoms with Crippen LogP contribution in [0.5, 0.6) is 0 Å². The quantitative estimate of drug-likeness (QED) is 0.702. The molecule has 3 rings (SSSR count). The number of halogens is 1. The topological polar surface area (TPSA) is 76.0 Å². The molecule has 0 saturated heterocycles. The Morgan fingerprint density at radius 2 is 1.81 bits per heavy atom. The maximum Gasteiger partial charge on any atom is 0.244 e. The van der Waals surface area contributed by atoms with Crippen molar-refractivity contribution in [1.29, 1.82) is 0 Å². The van der Waals surface area contributed by atoms with Gasteiger partial charge in [-0.2, -0.15) is 0 Å². The van der Waals surface area contributed by atoms with Gasteiger partial charge >= 0.3 is 0 Å². The third kappa shape index (κ3) is 4.49. The van der Waals surface area contributed by atoms with E-state index in [1.54, 1.807) is 4.57 Å². The second-order valence-corrected chi connectivity index (χ2v) is 6.53. The smallest absolute Gasteiger partial charge is 0.244 e. The number of hydrogen-bond donors (Lipinski definition) is 2. The molecular formula is C20H21FN4O2. The summed E-state index contributed by atoms with van der Waals surface area (Å²) < 4.78 is 14.8. The largest absolute Gasteiger partial charge is 0.349 e. The minimum atomic E-state index is -0.364. The Bertz CT molecular complexity index is 964. The zero-order valence-electron chi connectivity index (χ0n) is 15.2. The van der Waals surface area contributed by atoms with E-state index in [0.717, 1.165) is 11.0 Å². The molecule has 0 aliphatic carbocycles. The number of benzene rings is 2. The van der Waals surface area contributed by atoms with Gasteiger partial charge in [0.05, 0.1) is 17.6 Å². The van der Waals surface area contributed by atoms with E-state index in [2.05, 4.69) is 15.6 Å². The van der Waals surface area contributed by atoms with Crippen LogP contribution >= 0.6 is 0 Å². The predicted octanol–water partition coefficient (Wildman–Crippen LogP) is 3.09. The van der Waals surface area contributed by atoms with E-state index in [-0.39, 0.29) is 36.6 Å². The van der Waals surface area contributed by atoms with Crippen molar-refractivity contribution in [3.05, 3.63) is 60.2 Å². The van der Waals surface area contributed by atoms with Gasteiger partial charge in [0.25, 0.3) is 0 Å². The van der Waals surface area contributed by atoms with Crippen LogP contribution in [-0.2, 0) is 22.7 Å². The van der Waals surface area contributed by atoms with Gasteiger partial charge in [-0.1, -0.05) is 26.0 Å². The summed E-state index contributed by atoms with van der Waals surface area (Å²) in [6.07, 6.45) is 0. The van der Waals surface area contributed by atoms with Crippen LogP contribution in [-0.4, -0.2) is 21.4 Å². The second kappa shape index (κ2) is 7.99. The normalized spacial score (nSPS) is 11.0. The predicted molar refractivity (Wildman–Crippen MR) is 101 cm³/mol. The van der Waals surface area contributed by atoms with E-state index in [0.29, 0.717) is 11.5 Å². The molecule has 0 aliphatic heterocycles. The van der Waals surface area contributed by atoms with Crippen LogP contribution in [0, 0.1) is 11.7 Å². The van der Waals surface area contributed by atoms with E-state index < -0.39 is 0 Å². The van der Waals surface area contributed by atoms with Crippen molar-refractivity contribution < 1.29 is 14.0 Å². The third-order valence-corrected chi connectivity index (χ3v) is 4.11. The molecule has 0 aliphatic rings. The minimum absolute atomic E-state index is 0.0325. The van der Waals surface area contributed by atoms with Crippen LogP contribution < -0.4 is 10.6 Å². The van der Waals surface area contributed by atoms with Crippen LogP contribution in [0.1, 0.15) is 19.7 Å². The molecule has 3 aromatic rings. The minimum Gasteiger partial charge on any atom is -0.349 e. The van der Waals surface area contributed by atoms with Gasteiger partial charge in [-0.15, -0.1) is 0 Å². The summed E-state index contributed by atoms with van der Waals surface area (Å²) in [5, 5.41) is 5.57. The first-order valence-corrected chi connectivity index (χ1v) is 8.71. The van der Waals surface area contributed by atoms with Crippen molar-refractivity contribution >= 4 is 28.5 Å². The summed E-state index contributed by atoms with van der Waals surface area (Å²) >= 11 is 0. The molecule has 2 N–H and O–H groups in total. The summed E-state index contributed by atoms with van der Waals surface area (Å²) in [6, 6.07) is 13.1. The Morgan fingerprint density at radius 1 is 1.11 bits per heavy atom. The van der Waals surface area contributed by atoms with Crippen LogP contribution in [0.2, 0.25) is 0 Å². The molecule has 2 aromatic carbocycles. The highest BCUT2D eigenvalue weighted by Gasteiger charge is 2.15. The molecule has 7 heteroatoms. The summed E-state index contributed by atoms with van der Waals surface area (Å²) in [5.74, 6) is -0.244. The molecule has 0 fully saturated rings. The van der Waals surface area contributed by atoms with Crippen molar-refractivity contribution in [2.45, 2.75) is 26.9 Å². The lowest BCUT2D eigenvalue weighted by molar-refractivity contribution is -0.124. The number of nitrogens with zero attached hydrogens (tertiary/aromatic N) is 2. The summed E-state index contributed by atoms with van der Waals surface area (Å²) in [4.78, 5) is 28.9. The Labute approximate surface area is 156 Å². The Morgan fingerprint density at radius 3 is 2.52 bits per heavy atom. The number of anilines is 1. The maximum absolute atomic E-state index is 13.0. The van der Waals surface area contributed by atoms with Crippen molar-refractivity contribution in [3.63, 3.8) is 0 Å². The molecular weight excluding hydrogens is 347 g/mol. The highest BCUT2D eigenvalue weighted by atomic mass is 19.1. The average molecular weight is 368 g/mol. The fourth-order valence-corrected chi connectivity index (χ4v) is 2.68. The highest BCUT2D eigenvalue weighted by Crippen LogP contribution is 2.17. The van der Waals surface area contributed by atoms with E-state index in [4.69, 9.17) is 0 Å². The van der Waals surface area contributed by atoms with E-state index >= 15 is 0 Å². The van der Waals surface area contributed by atoms with Gasteiger partial charge in [-0.25, -0.2) is 9.37 Å². The zero-order chi connectivity index (χ0) is 19.4. The van der Waals surface area contributed by atoms with Gasteiger partial charge in [-0.3, -0.25) is 9.59 Å². The fourth-order valence-electron chi connectivity index (χ4n) is 2.68. The van der Waals surface area contributed by atoms with Gasteiger partial charge in [0.1, 0.15) is 18.2 Å². The lowest BCUT2D eigenvalue weighted by atomic mass is 10.2. The number of nitrogens with one attached hydrogen (secondary N) is 2. The summed E-state index contributed by atoms with van der Waals surface area (Å²) in [5.41, 5.74) is 2.07. The molecule has 27 heavy (non-hydrogen) atoms. The van der Waals surface area contributed by atoms with Gasteiger partial charge in [0.15, 0.2) is 0 Å². The summed E-state index contributed by atoms with van der Waals surface area (Å²) in [6.45, 7) is 3.89. The number of para-hydroxylation sites is 2. The Kier molecular flexibility index (Phi) is 5.49. The first-order chi connectivity index (χ1) is 12.9. The molecule has 1 aromatic heterocycles. The second-order valence-electron chi connectivity index (χ2n) is 6.53. The molecule has 0 atom stereocenters. The van der Waals surface area contributed by atoms with Gasteiger partial charge in [-0.05, 0) is 36.4 Å². The average Bonchev–Trinajstić information content (AvgIpc) is 2.99. The molecule has 1 heterocycles. The zero-order valence-corrected chi connectivity index (χ0v) is 15.2. The molecule has 0 radical (unpaired) electrons. The van der Waals surface area contributed by atoms with E-state index in [9.17, 15) is 14.0 Å². The lowest BCUT2D eigenvalue weighted by Crippen LogP contribution is -2.29. The van der Waals surface area contributed by atoms with Crippen LogP contribution in [0.3, 0.4) is 0 Å². The number of imidazole rings is 1. The summed E-state index contributed by atoms with van der Waals surface area (Å²) in [7, 11) is 0. The molecule has 2 amide bonds. The fraction of sp³-hybridized carbons (Fsp3) is 0.250. The molecule has 0 bridgehead atoms. The number of hydrogen-bond acceptors (Lipinski definition) is 3. The SMILES string of the molecule is CC(C)C(=O)NCc1nc2ccccc2n1CC(=O)Nc1ccc(F)cc1. The van der Waals surface area contributed by atoms with Crippen LogP contribution in [0.4, 0.5) is 10.1 Å². The number of carbonyl (C=O) groups is 2. The standard InChI is InChI=1S/C20H21FN4O2/c1-13(2)20(27)22-11-18-24-16-5-3-4-6-17(16)25(18)12-19(26)23-15-9-7-14(21)8-10-15/h3-10,13H,11-12H2,1-2H3,(H,22,27)(H,23,26). The monoisotopic (exact) mass is 368 g/mol. The third-order valence-electron chi connectivity index (χ3n) is 4.11. The number of fused-ring (bicyclic) bond motifs is 1. The molecule has 6 nitrogen and oxygen atoms in total. The van der Waals surface area contributed by atoms with Crippen molar-refractivity contribution in [3.8, 4) is 0 Å². The van der Waals surface area contributed by atoms with Crippen molar-refractivity contribution in [2.75, 3.05) is 5.32 Å². The Hall–Kier alpha value is -3.22. The number of rotatable bonds is 6. The Balaban J connectivity index is 1.80. The molecule has 0 unspecified atom stereocenters. The van der Waals surface area contributed by atoms with Crippen LogP contribution in [0.15, 0.2) is 48.5 Å². The van der Waals surface area contributed by atoms with E-state index in [1.165, 1.54) is 24.3 Å². The first-order valence-electron chi connectivity index (χ1n) is 8.71. The molecule has 0 saturated carbocycles. The molecule has 140 valence electrons. The molecule has 0 spiro atoms. The van der Waals surface area contributed by atoms with E-state index in [1.807, 2.05) is 38.1 Å². The first kappa shape index (κ1) is 18.6. The van der Waals surface area contributed by atoms with Gasteiger partial charge in [0.2, 0.25) is 11.8 Å². The number of aromatic nitrogens is 2. The highest BCUT2D eigenvalue weighted by molar-refractivity contribution is 5.91. The van der Waals surface area contributed by atoms with Gasteiger partial charge in [0, 0.05) is 11.6 Å². The van der Waals surface area contributed by atoms with Crippen LogP contribution in [0.25, 0.3) is 11.0 Å². The number of amides is 2.